The van der Waals surface area contributed by atoms with Crippen molar-refractivity contribution in [1.29, 1.82) is 0 Å². The maximum Gasteiger partial charge on any atom is 0.260 e. The minimum atomic E-state index is -0.657. The lowest BCUT2D eigenvalue weighted by atomic mass is 10.0. The number of amides is 2. The van der Waals surface area contributed by atoms with Crippen molar-refractivity contribution < 1.29 is 24.2 Å². The highest BCUT2D eigenvalue weighted by atomic mass is 16.5. The Bertz CT molecular complexity index is 905. The monoisotopic (exact) mass is 426 g/mol. The van der Waals surface area contributed by atoms with E-state index in [0.29, 0.717) is 31.7 Å². The van der Waals surface area contributed by atoms with Gasteiger partial charge in [0, 0.05) is 19.1 Å². The predicted molar refractivity (Wildman–Crippen MR) is 117 cm³/mol. The quantitative estimate of drug-likeness (QED) is 0.711. The van der Waals surface area contributed by atoms with Gasteiger partial charge < -0.3 is 24.8 Å². The number of hydrogen-bond donors (Lipinski definition) is 2. The fraction of sp³-hybridized carbons (Fsp3) is 0.417. The van der Waals surface area contributed by atoms with E-state index >= 15 is 0 Å². The van der Waals surface area contributed by atoms with Gasteiger partial charge in [0.15, 0.2) is 12.7 Å². The van der Waals surface area contributed by atoms with Crippen LogP contribution in [0, 0.1) is 13.8 Å². The Morgan fingerprint density at radius 2 is 1.81 bits per heavy atom. The van der Waals surface area contributed by atoms with Crippen LogP contribution in [0.3, 0.4) is 0 Å². The number of nitrogens with one attached hydrogen (secondary N) is 1. The summed E-state index contributed by atoms with van der Waals surface area (Å²) in [7, 11) is 0. The number of ether oxygens (including phenoxy) is 2. The molecule has 1 unspecified atom stereocenters. The SMILES string of the molecule is Cc1ccc(OCC(=O)N2CCC(NC(=O)C(C)Oc3ccc(O)cc3)CC2)c(C)c1. The molecule has 0 spiro atoms. The minimum Gasteiger partial charge on any atom is -0.508 e. The third kappa shape index (κ3) is 6.38. The van der Waals surface area contributed by atoms with Gasteiger partial charge >= 0.3 is 0 Å². The molecule has 0 saturated carbocycles. The van der Waals surface area contributed by atoms with Crippen molar-refractivity contribution in [2.75, 3.05) is 19.7 Å². The molecule has 1 aliphatic heterocycles. The van der Waals surface area contributed by atoms with Crippen LogP contribution >= 0.6 is 0 Å². The fourth-order valence-electron chi connectivity index (χ4n) is 3.57. The van der Waals surface area contributed by atoms with E-state index in [9.17, 15) is 14.7 Å². The van der Waals surface area contributed by atoms with Crippen LogP contribution in [0.5, 0.6) is 17.2 Å². The molecular formula is C24H30N2O5. The van der Waals surface area contributed by atoms with Gasteiger partial charge in [-0.2, -0.15) is 0 Å². The van der Waals surface area contributed by atoms with Crippen LogP contribution < -0.4 is 14.8 Å². The van der Waals surface area contributed by atoms with Crippen molar-refractivity contribution in [3.8, 4) is 17.2 Å². The third-order valence-corrected chi connectivity index (χ3v) is 5.39. The summed E-state index contributed by atoms with van der Waals surface area (Å²) >= 11 is 0. The van der Waals surface area contributed by atoms with Gasteiger partial charge in [-0.15, -0.1) is 0 Å². The predicted octanol–water partition coefficient (Wildman–Crippen LogP) is 2.96. The molecule has 166 valence electrons. The molecule has 0 bridgehead atoms. The Labute approximate surface area is 183 Å². The molecule has 1 fully saturated rings. The molecule has 1 saturated heterocycles. The van der Waals surface area contributed by atoms with Crippen LogP contribution in [-0.2, 0) is 9.59 Å². The fourth-order valence-corrected chi connectivity index (χ4v) is 3.57. The first-order valence-electron chi connectivity index (χ1n) is 10.6. The summed E-state index contributed by atoms with van der Waals surface area (Å²) in [5.41, 5.74) is 2.17. The molecule has 0 radical (unpaired) electrons. The Kier molecular flexibility index (Phi) is 7.39. The molecule has 7 heteroatoms. The summed E-state index contributed by atoms with van der Waals surface area (Å²) in [6, 6.07) is 12.1. The number of phenolic OH excluding ortho intramolecular Hbond substituents is 1. The zero-order valence-electron chi connectivity index (χ0n) is 18.3. The van der Waals surface area contributed by atoms with Crippen molar-refractivity contribution in [3.63, 3.8) is 0 Å². The number of carbonyl (C=O) groups excluding carboxylic acids is 2. The molecule has 1 aliphatic rings. The zero-order chi connectivity index (χ0) is 22.4. The number of likely N-dealkylation sites (tertiary alicyclic amines) is 1. The molecule has 2 N–H and O–H groups in total. The average Bonchev–Trinajstić information content (AvgIpc) is 2.75. The van der Waals surface area contributed by atoms with E-state index in [1.807, 2.05) is 32.0 Å². The number of rotatable bonds is 7. The Balaban J connectivity index is 1.40. The molecule has 7 nitrogen and oxygen atoms in total. The van der Waals surface area contributed by atoms with Crippen LogP contribution in [-0.4, -0.2) is 53.7 Å². The second-order valence-corrected chi connectivity index (χ2v) is 7.98. The topological polar surface area (TPSA) is 88.1 Å². The van der Waals surface area contributed by atoms with Crippen LogP contribution in [0.2, 0.25) is 0 Å². The van der Waals surface area contributed by atoms with Crippen LogP contribution in [0.1, 0.15) is 30.9 Å². The summed E-state index contributed by atoms with van der Waals surface area (Å²) < 4.78 is 11.3. The summed E-state index contributed by atoms with van der Waals surface area (Å²) in [4.78, 5) is 26.7. The number of aromatic hydroxyl groups is 1. The van der Waals surface area contributed by atoms with Gasteiger partial charge in [0.05, 0.1) is 0 Å². The number of hydrogen-bond acceptors (Lipinski definition) is 5. The molecule has 2 amide bonds. The smallest absolute Gasteiger partial charge is 0.260 e. The minimum absolute atomic E-state index is 0.00248. The highest BCUT2D eigenvalue weighted by molar-refractivity contribution is 5.81. The molecule has 0 aliphatic carbocycles. The number of benzene rings is 2. The highest BCUT2D eigenvalue weighted by Gasteiger charge is 2.26. The van der Waals surface area contributed by atoms with E-state index in [-0.39, 0.29) is 30.2 Å². The summed E-state index contributed by atoms with van der Waals surface area (Å²) in [6.45, 7) is 6.84. The first-order valence-corrected chi connectivity index (χ1v) is 10.6. The summed E-state index contributed by atoms with van der Waals surface area (Å²) in [5.74, 6) is 1.14. The lowest BCUT2D eigenvalue weighted by Crippen LogP contribution is -2.50. The number of phenols is 1. The molecule has 31 heavy (non-hydrogen) atoms. The van der Waals surface area contributed by atoms with Crippen molar-refractivity contribution in [3.05, 3.63) is 53.6 Å². The molecule has 0 aromatic heterocycles. The van der Waals surface area contributed by atoms with Crippen molar-refractivity contribution in [2.24, 2.45) is 0 Å². The van der Waals surface area contributed by atoms with Crippen molar-refractivity contribution >= 4 is 11.8 Å². The lowest BCUT2D eigenvalue weighted by molar-refractivity contribution is -0.134. The van der Waals surface area contributed by atoms with Crippen molar-refractivity contribution in [2.45, 2.75) is 45.8 Å². The van der Waals surface area contributed by atoms with Crippen molar-refractivity contribution in [1.82, 2.24) is 10.2 Å². The normalized spacial score (nSPS) is 15.3. The zero-order valence-corrected chi connectivity index (χ0v) is 18.3. The maximum atomic E-state index is 12.5. The van der Waals surface area contributed by atoms with E-state index in [1.54, 1.807) is 24.0 Å². The van der Waals surface area contributed by atoms with Gasteiger partial charge in [0.1, 0.15) is 17.2 Å². The van der Waals surface area contributed by atoms with Gasteiger partial charge in [-0.1, -0.05) is 17.7 Å². The Morgan fingerprint density at radius 1 is 1.13 bits per heavy atom. The van der Waals surface area contributed by atoms with Crippen LogP contribution in [0.4, 0.5) is 0 Å². The molecule has 1 heterocycles. The van der Waals surface area contributed by atoms with Gasteiger partial charge in [0.25, 0.3) is 11.8 Å². The molecule has 2 aromatic carbocycles. The first-order chi connectivity index (χ1) is 14.8. The average molecular weight is 427 g/mol. The maximum absolute atomic E-state index is 12.5. The van der Waals surface area contributed by atoms with E-state index in [1.165, 1.54) is 12.1 Å². The summed E-state index contributed by atoms with van der Waals surface area (Å²) in [5, 5.41) is 12.3. The van der Waals surface area contributed by atoms with Crippen LogP contribution in [0.25, 0.3) is 0 Å². The largest absolute Gasteiger partial charge is 0.508 e. The Hall–Kier alpha value is -3.22. The standard InChI is InChI=1S/C24H30N2O5/c1-16-4-9-22(17(2)14-16)30-15-23(28)26-12-10-19(11-13-26)25-24(29)18(3)31-21-7-5-20(27)6-8-21/h4-9,14,18-19,27H,10-13,15H2,1-3H3,(H,25,29). The molecule has 1 atom stereocenters. The molecule has 3 rings (SSSR count). The second kappa shape index (κ2) is 10.2. The van der Waals surface area contributed by atoms with Crippen LogP contribution in [0.15, 0.2) is 42.5 Å². The number of piperidine rings is 1. The van der Waals surface area contributed by atoms with E-state index in [2.05, 4.69) is 5.32 Å². The van der Waals surface area contributed by atoms with E-state index in [4.69, 9.17) is 9.47 Å². The molecule has 2 aromatic rings. The van der Waals surface area contributed by atoms with Gasteiger partial charge in [-0.3, -0.25) is 9.59 Å². The van der Waals surface area contributed by atoms with Gasteiger partial charge in [0.2, 0.25) is 0 Å². The number of aryl methyl sites for hydroxylation is 2. The van der Waals surface area contributed by atoms with E-state index < -0.39 is 6.10 Å². The van der Waals surface area contributed by atoms with Gasteiger partial charge in [-0.05, 0) is 69.5 Å². The summed E-state index contributed by atoms with van der Waals surface area (Å²) in [6.07, 6.45) is 0.718. The van der Waals surface area contributed by atoms with E-state index in [0.717, 1.165) is 16.9 Å². The molecular weight excluding hydrogens is 396 g/mol. The number of nitrogens with zero attached hydrogens (tertiary/aromatic N) is 1. The van der Waals surface area contributed by atoms with Gasteiger partial charge in [-0.25, -0.2) is 0 Å². The highest BCUT2D eigenvalue weighted by Crippen LogP contribution is 2.20. The first kappa shape index (κ1) is 22.5. The lowest BCUT2D eigenvalue weighted by Gasteiger charge is -2.33. The third-order valence-electron chi connectivity index (χ3n) is 5.39. The Morgan fingerprint density at radius 3 is 2.45 bits per heavy atom. The second-order valence-electron chi connectivity index (χ2n) is 7.98. The number of carbonyl (C=O) groups is 2.